The summed E-state index contributed by atoms with van der Waals surface area (Å²) >= 11 is 0. The van der Waals surface area contributed by atoms with Crippen molar-refractivity contribution in [3.05, 3.63) is 30.3 Å². The molecule has 0 N–H and O–H groups in total. The highest BCUT2D eigenvalue weighted by Crippen LogP contribution is 2.49. The lowest BCUT2D eigenvalue weighted by Crippen LogP contribution is -2.28. The lowest BCUT2D eigenvalue weighted by atomic mass is 10.3. The van der Waals surface area contributed by atoms with E-state index < -0.39 is 48.1 Å². The standard InChI is InChI=1S/C14H18F3O8PS/c1-3-22-13(18)11(2)24-26(19,25-12-7-5-4-6-8-12)10-9-23-27(20,21)14(15,16)17/h4-8,11H,3,9-10H2,1-2H3/t11-,26?/m1/s1. The van der Waals surface area contributed by atoms with Crippen LogP contribution in [0.3, 0.4) is 0 Å². The second-order valence-electron chi connectivity index (χ2n) is 4.96. The number of esters is 1. The zero-order valence-electron chi connectivity index (χ0n) is 14.3. The summed E-state index contributed by atoms with van der Waals surface area (Å²) in [6.45, 7) is 1.61. The van der Waals surface area contributed by atoms with Gasteiger partial charge in [0.25, 0.3) is 0 Å². The highest BCUT2D eigenvalue weighted by Gasteiger charge is 2.47. The van der Waals surface area contributed by atoms with Crippen molar-refractivity contribution >= 4 is 23.7 Å². The highest BCUT2D eigenvalue weighted by molar-refractivity contribution is 7.87. The minimum absolute atomic E-state index is 0.0172. The predicted molar refractivity (Wildman–Crippen MR) is 87.7 cm³/mol. The van der Waals surface area contributed by atoms with E-state index in [1.54, 1.807) is 6.07 Å². The van der Waals surface area contributed by atoms with E-state index in [1.807, 2.05) is 0 Å². The summed E-state index contributed by atoms with van der Waals surface area (Å²) in [5.41, 5.74) is -5.63. The minimum Gasteiger partial charge on any atom is -0.464 e. The van der Waals surface area contributed by atoms with Gasteiger partial charge in [-0.25, -0.2) is 9.36 Å². The summed E-state index contributed by atoms with van der Waals surface area (Å²) in [5.74, 6) is -0.839. The van der Waals surface area contributed by atoms with Crippen LogP contribution in [-0.4, -0.2) is 45.4 Å². The van der Waals surface area contributed by atoms with Crippen molar-refractivity contribution in [2.75, 3.05) is 19.4 Å². The van der Waals surface area contributed by atoms with E-state index in [0.29, 0.717) is 0 Å². The van der Waals surface area contributed by atoms with Crippen LogP contribution in [0.25, 0.3) is 0 Å². The minimum atomic E-state index is -5.87. The van der Waals surface area contributed by atoms with Crippen LogP contribution in [0.2, 0.25) is 0 Å². The number of rotatable bonds is 10. The number of alkyl halides is 3. The molecule has 0 bridgehead atoms. The van der Waals surface area contributed by atoms with E-state index in [2.05, 4.69) is 8.92 Å². The molecule has 0 aliphatic rings. The predicted octanol–water partition coefficient (Wildman–Crippen LogP) is 3.09. The molecule has 0 fully saturated rings. The van der Waals surface area contributed by atoms with E-state index in [9.17, 15) is 30.9 Å². The molecule has 13 heteroatoms. The summed E-state index contributed by atoms with van der Waals surface area (Å²) in [4.78, 5) is 11.6. The van der Waals surface area contributed by atoms with E-state index in [4.69, 9.17) is 9.05 Å². The van der Waals surface area contributed by atoms with Crippen molar-refractivity contribution in [3.8, 4) is 5.75 Å². The van der Waals surface area contributed by atoms with Gasteiger partial charge < -0.3 is 9.26 Å². The maximum Gasteiger partial charge on any atom is 0.523 e. The molecule has 1 rings (SSSR count). The summed E-state index contributed by atoms with van der Waals surface area (Å²) in [7, 11) is -10.1. The first-order chi connectivity index (χ1) is 12.4. The van der Waals surface area contributed by atoms with Gasteiger partial charge in [0.15, 0.2) is 6.10 Å². The van der Waals surface area contributed by atoms with E-state index in [0.717, 1.165) is 0 Å². The molecule has 8 nitrogen and oxygen atoms in total. The van der Waals surface area contributed by atoms with Crippen molar-refractivity contribution < 1.29 is 48.9 Å². The first-order valence-electron chi connectivity index (χ1n) is 7.54. The quantitative estimate of drug-likeness (QED) is 0.239. The third kappa shape index (κ3) is 7.49. The molecule has 27 heavy (non-hydrogen) atoms. The van der Waals surface area contributed by atoms with Gasteiger partial charge in [-0.2, -0.15) is 21.6 Å². The van der Waals surface area contributed by atoms with E-state index >= 15 is 0 Å². The number of hydrogen-bond donors (Lipinski definition) is 0. The van der Waals surface area contributed by atoms with E-state index in [-0.39, 0.29) is 12.4 Å². The number of halogens is 3. The fourth-order valence-electron chi connectivity index (χ4n) is 1.63. The number of hydrogen-bond acceptors (Lipinski definition) is 8. The van der Waals surface area contributed by atoms with Crippen LogP contribution in [0.5, 0.6) is 5.75 Å². The molecule has 1 aromatic carbocycles. The number of carbonyl (C=O) groups excluding carboxylic acids is 1. The topological polar surface area (TPSA) is 105 Å². The molecule has 2 atom stereocenters. The monoisotopic (exact) mass is 434 g/mol. The Bertz CT molecular complexity index is 766. The third-order valence-corrected chi connectivity index (χ3v) is 5.71. The van der Waals surface area contributed by atoms with Gasteiger partial charge >= 0.3 is 29.2 Å². The Balaban J connectivity index is 2.90. The first kappa shape index (κ1) is 23.4. The smallest absolute Gasteiger partial charge is 0.464 e. The van der Waals surface area contributed by atoms with Gasteiger partial charge in [0.1, 0.15) is 5.75 Å². The van der Waals surface area contributed by atoms with Crippen LogP contribution in [0, 0.1) is 0 Å². The van der Waals surface area contributed by atoms with E-state index in [1.165, 1.54) is 38.1 Å². The number of benzene rings is 1. The fourth-order valence-corrected chi connectivity index (χ4v) is 3.76. The van der Waals surface area contributed by atoms with Gasteiger partial charge in [0, 0.05) is 0 Å². The molecule has 154 valence electrons. The summed E-state index contributed by atoms with van der Waals surface area (Å²) in [6, 6.07) is 7.45. The highest BCUT2D eigenvalue weighted by atomic mass is 32.2. The summed E-state index contributed by atoms with van der Waals surface area (Å²) < 4.78 is 90.3. The molecule has 0 aliphatic carbocycles. The van der Waals surface area contributed by atoms with Crippen LogP contribution in [0.4, 0.5) is 13.2 Å². The van der Waals surface area contributed by atoms with Gasteiger partial charge in [0.05, 0.1) is 19.4 Å². The summed E-state index contributed by atoms with van der Waals surface area (Å²) in [6.07, 6.45) is -2.24. The molecular formula is C14H18F3O8PS. The average Bonchev–Trinajstić information content (AvgIpc) is 2.54. The maximum atomic E-state index is 12.8. The maximum absolute atomic E-state index is 12.8. The molecule has 0 heterocycles. The summed E-state index contributed by atoms with van der Waals surface area (Å²) in [5, 5.41) is 0. The van der Waals surface area contributed by atoms with Crippen molar-refractivity contribution in [3.63, 3.8) is 0 Å². The molecule has 0 radical (unpaired) electrons. The second-order valence-corrected chi connectivity index (χ2v) is 8.63. The average molecular weight is 434 g/mol. The fraction of sp³-hybridized carbons (Fsp3) is 0.500. The Morgan fingerprint density at radius 3 is 2.33 bits per heavy atom. The van der Waals surface area contributed by atoms with Crippen molar-refractivity contribution in [1.82, 2.24) is 0 Å². The normalized spacial score (nSPS) is 15.6. The number of ether oxygens (including phenoxy) is 1. The Morgan fingerprint density at radius 2 is 1.81 bits per heavy atom. The van der Waals surface area contributed by atoms with Crippen LogP contribution >= 0.6 is 7.60 Å². The van der Waals surface area contributed by atoms with Crippen LogP contribution in [-0.2, 0) is 32.9 Å². The molecule has 0 spiro atoms. The van der Waals surface area contributed by atoms with Crippen LogP contribution < -0.4 is 4.52 Å². The van der Waals surface area contributed by atoms with Gasteiger partial charge in [0.2, 0.25) is 0 Å². The van der Waals surface area contributed by atoms with Crippen molar-refractivity contribution in [2.24, 2.45) is 0 Å². The molecule has 0 amide bonds. The Hall–Kier alpha value is -1.62. The third-order valence-electron chi connectivity index (χ3n) is 2.81. The molecule has 0 aromatic heterocycles. The SMILES string of the molecule is CCOC(=O)[C@@H](C)OP(=O)(CCOS(=O)(=O)C(F)(F)F)Oc1ccccc1. The second kappa shape index (κ2) is 9.54. The van der Waals surface area contributed by atoms with Crippen molar-refractivity contribution in [2.45, 2.75) is 25.5 Å². The van der Waals surface area contributed by atoms with Gasteiger partial charge in [-0.05, 0) is 26.0 Å². The molecule has 0 saturated carbocycles. The molecule has 0 aliphatic heterocycles. The zero-order chi connectivity index (χ0) is 20.7. The van der Waals surface area contributed by atoms with Crippen LogP contribution in [0.1, 0.15) is 13.8 Å². The Morgan fingerprint density at radius 1 is 1.22 bits per heavy atom. The molecule has 0 saturated heterocycles. The lowest BCUT2D eigenvalue weighted by molar-refractivity contribution is -0.150. The Kier molecular flexibility index (Phi) is 8.27. The van der Waals surface area contributed by atoms with Crippen molar-refractivity contribution in [1.29, 1.82) is 0 Å². The van der Waals surface area contributed by atoms with Gasteiger partial charge in [-0.3, -0.25) is 8.71 Å². The Labute approximate surface area is 154 Å². The molecular weight excluding hydrogens is 416 g/mol. The zero-order valence-corrected chi connectivity index (χ0v) is 16.1. The lowest BCUT2D eigenvalue weighted by Gasteiger charge is -2.22. The molecule has 1 aromatic rings. The first-order valence-corrected chi connectivity index (χ1v) is 10.7. The molecule has 1 unspecified atom stereocenters. The largest absolute Gasteiger partial charge is 0.523 e. The number of carbonyl (C=O) groups is 1. The van der Waals surface area contributed by atoms with Gasteiger partial charge in [-0.1, -0.05) is 18.2 Å². The van der Waals surface area contributed by atoms with Gasteiger partial charge in [-0.15, -0.1) is 0 Å². The number of para-hydroxylation sites is 1. The van der Waals surface area contributed by atoms with Crippen LogP contribution in [0.15, 0.2) is 30.3 Å².